The summed E-state index contributed by atoms with van der Waals surface area (Å²) in [4.78, 5) is 19.8. The molecule has 1 aliphatic heterocycles. The first kappa shape index (κ1) is 20.0. The van der Waals surface area contributed by atoms with Gasteiger partial charge in [0.25, 0.3) is 0 Å². The Balaban J connectivity index is 1.47. The van der Waals surface area contributed by atoms with Crippen molar-refractivity contribution in [2.45, 2.75) is 26.7 Å². The third-order valence-corrected chi connectivity index (χ3v) is 6.50. The average molecular weight is 430 g/mol. The second kappa shape index (κ2) is 8.59. The van der Waals surface area contributed by atoms with Gasteiger partial charge in [-0.2, -0.15) is 0 Å². The summed E-state index contributed by atoms with van der Waals surface area (Å²) in [5.74, 6) is 0.786. The highest BCUT2D eigenvalue weighted by Gasteiger charge is 2.28. The van der Waals surface area contributed by atoms with Gasteiger partial charge >= 0.3 is 0 Å². The highest BCUT2D eigenvalue weighted by molar-refractivity contribution is 7.22. The van der Waals surface area contributed by atoms with E-state index in [0.717, 1.165) is 46.0 Å². The number of carbonyl (C=O) groups is 1. The number of aryl methyl sites for hydroxylation is 1. The molecule has 1 saturated heterocycles. The zero-order chi connectivity index (χ0) is 20.4. The Kier molecular flexibility index (Phi) is 5.92. The van der Waals surface area contributed by atoms with Crippen LogP contribution in [0.5, 0.6) is 5.75 Å². The second-order valence-corrected chi connectivity index (χ2v) is 8.73. The molecule has 0 spiro atoms. The van der Waals surface area contributed by atoms with Crippen LogP contribution in [0.4, 0.5) is 10.8 Å². The molecule has 1 aromatic heterocycles. The Hall–Kier alpha value is -2.31. The van der Waals surface area contributed by atoms with Crippen LogP contribution in [0.25, 0.3) is 10.2 Å². The lowest BCUT2D eigenvalue weighted by atomic mass is 9.97. The highest BCUT2D eigenvalue weighted by Crippen LogP contribution is 2.34. The molecular formula is C22H24ClN3O2S. The fourth-order valence-electron chi connectivity index (χ4n) is 3.61. The smallest absolute Gasteiger partial charge is 0.229 e. The number of nitrogens with one attached hydrogen (secondary N) is 1. The van der Waals surface area contributed by atoms with Gasteiger partial charge in [0.05, 0.1) is 33.5 Å². The van der Waals surface area contributed by atoms with Crippen LogP contribution >= 0.6 is 22.9 Å². The van der Waals surface area contributed by atoms with Gasteiger partial charge in [0.2, 0.25) is 5.91 Å². The number of rotatable bonds is 5. The van der Waals surface area contributed by atoms with Gasteiger partial charge in [-0.25, -0.2) is 4.98 Å². The molecule has 4 rings (SSSR count). The molecule has 1 N–H and O–H groups in total. The molecule has 1 amide bonds. The maximum absolute atomic E-state index is 12.8. The van der Waals surface area contributed by atoms with Crippen LogP contribution in [0, 0.1) is 12.8 Å². The van der Waals surface area contributed by atoms with Gasteiger partial charge < -0.3 is 15.0 Å². The minimum Gasteiger partial charge on any atom is -0.494 e. The number of hydrogen-bond acceptors (Lipinski definition) is 5. The Labute approximate surface area is 179 Å². The number of aromatic nitrogens is 1. The van der Waals surface area contributed by atoms with Gasteiger partial charge in [-0.05, 0) is 62.6 Å². The van der Waals surface area contributed by atoms with E-state index < -0.39 is 0 Å². The molecular weight excluding hydrogens is 406 g/mol. The minimum atomic E-state index is -0.0906. The summed E-state index contributed by atoms with van der Waals surface area (Å²) in [6.45, 7) is 6.17. The molecule has 1 atom stereocenters. The van der Waals surface area contributed by atoms with Gasteiger partial charge in [-0.3, -0.25) is 4.79 Å². The summed E-state index contributed by atoms with van der Waals surface area (Å²) in [5.41, 5.74) is 2.70. The maximum Gasteiger partial charge on any atom is 0.229 e. The maximum atomic E-state index is 12.8. The number of piperidine rings is 1. The fraction of sp³-hybridized carbons (Fsp3) is 0.364. The fourth-order valence-corrected chi connectivity index (χ4v) is 4.92. The third kappa shape index (κ3) is 4.49. The molecule has 7 heteroatoms. The van der Waals surface area contributed by atoms with E-state index in [2.05, 4.69) is 10.2 Å². The van der Waals surface area contributed by atoms with Crippen molar-refractivity contribution in [2.75, 3.05) is 29.9 Å². The lowest BCUT2D eigenvalue weighted by molar-refractivity contribution is -0.120. The van der Waals surface area contributed by atoms with Crippen LogP contribution in [0.3, 0.4) is 0 Å². The normalized spacial score (nSPS) is 16.8. The quantitative estimate of drug-likeness (QED) is 0.580. The predicted molar refractivity (Wildman–Crippen MR) is 121 cm³/mol. The van der Waals surface area contributed by atoms with E-state index in [-0.39, 0.29) is 11.8 Å². The third-order valence-electron chi connectivity index (χ3n) is 5.10. The first-order valence-electron chi connectivity index (χ1n) is 9.89. The first-order valence-corrected chi connectivity index (χ1v) is 11.1. The van der Waals surface area contributed by atoms with Crippen molar-refractivity contribution in [3.63, 3.8) is 0 Å². The number of hydrogen-bond donors (Lipinski definition) is 1. The van der Waals surface area contributed by atoms with Gasteiger partial charge in [-0.1, -0.05) is 29.0 Å². The number of amides is 1. The Bertz CT molecular complexity index is 1040. The summed E-state index contributed by atoms with van der Waals surface area (Å²) in [7, 11) is 0. The molecule has 152 valence electrons. The Morgan fingerprint density at radius 3 is 3.00 bits per heavy atom. The van der Waals surface area contributed by atoms with E-state index in [1.807, 2.05) is 50.2 Å². The van der Waals surface area contributed by atoms with Crippen molar-refractivity contribution in [3.05, 3.63) is 47.0 Å². The van der Waals surface area contributed by atoms with Crippen LogP contribution < -0.4 is 15.0 Å². The second-order valence-electron chi connectivity index (χ2n) is 7.32. The van der Waals surface area contributed by atoms with Crippen LogP contribution in [0.1, 0.15) is 25.3 Å². The summed E-state index contributed by atoms with van der Waals surface area (Å²) < 4.78 is 6.69. The zero-order valence-electron chi connectivity index (χ0n) is 16.6. The Morgan fingerprint density at radius 2 is 2.21 bits per heavy atom. The number of nitrogens with zero attached hydrogens (tertiary/aromatic N) is 2. The van der Waals surface area contributed by atoms with Gasteiger partial charge in [0.15, 0.2) is 5.13 Å². The van der Waals surface area contributed by atoms with E-state index in [9.17, 15) is 4.79 Å². The summed E-state index contributed by atoms with van der Waals surface area (Å²) in [5, 5.41) is 4.53. The van der Waals surface area contributed by atoms with Gasteiger partial charge in [0.1, 0.15) is 5.75 Å². The largest absolute Gasteiger partial charge is 0.494 e. The van der Waals surface area contributed by atoms with Gasteiger partial charge in [0, 0.05) is 13.1 Å². The lowest BCUT2D eigenvalue weighted by Gasteiger charge is -2.31. The van der Waals surface area contributed by atoms with Crippen molar-refractivity contribution in [3.8, 4) is 5.75 Å². The van der Waals surface area contributed by atoms with Crippen molar-refractivity contribution in [1.82, 2.24) is 4.98 Å². The van der Waals surface area contributed by atoms with E-state index in [4.69, 9.17) is 21.3 Å². The highest BCUT2D eigenvalue weighted by atomic mass is 35.5. The van der Waals surface area contributed by atoms with Crippen molar-refractivity contribution in [1.29, 1.82) is 0 Å². The van der Waals surface area contributed by atoms with Crippen molar-refractivity contribution < 1.29 is 9.53 Å². The van der Waals surface area contributed by atoms with Crippen LogP contribution in [0.15, 0.2) is 36.4 Å². The molecule has 29 heavy (non-hydrogen) atoms. The van der Waals surface area contributed by atoms with Gasteiger partial charge in [-0.15, -0.1) is 0 Å². The molecule has 0 aliphatic carbocycles. The average Bonchev–Trinajstić information content (AvgIpc) is 3.14. The lowest BCUT2D eigenvalue weighted by Crippen LogP contribution is -2.40. The molecule has 0 unspecified atom stereocenters. The number of benzene rings is 2. The van der Waals surface area contributed by atoms with E-state index in [0.29, 0.717) is 23.9 Å². The molecule has 0 radical (unpaired) electrons. The monoisotopic (exact) mass is 429 g/mol. The zero-order valence-corrected chi connectivity index (χ0v) is 18.1. The first-order chi connectivity index (χ1) is 14.0. The van der Waals surface area contributed by atoms with E-state index in [1.165, 1.54) is 0 Å². The number of carbonyl (C=O) groups excluding carboxylic acids is 1. The number of halogens is 1. The summed E-state index contributed by atoms with van der Waals surface area (Å²) in [6, 6.07) is 11.7. The summed E-state index contributed by atoms with van der Waals surface area (Å²) >= 11 is 7.92. The number of thiazole rings is 1. The summed E-state index contributed by atoms with van der Waals surface area (Å²) in [6.07, 6.45) is 1.82. The molecule has 2 heterocycles. The van der Waals surface area contributed by atoms with Crippen molar-refractivity contribution in [2.24, 2.45) is 5.92 Å². The molecule has 0 saturated carbocycles. The molecule has 2 aromatic carbocycles. The topological polar surface area (TPSA) is 54.5 Å². The standard InChI is InChI=1S/C22H24ClN3O2S/c1-3-28-16-7-9-19-20(12-16)29-22(25-19)26-10-4-5-15(13-26)21(27)24-18-8-6-14(2)11-17(18)23/h6-9,11-12,15H,3-5,10,13H2,1-2H3,(H,24,27)/t15-/m1/s1. The molecule has 0 bridgehead atoms. The van der Waals surface area contributed by atoms with E-state index in [1.54, 1.807) is 11.3 Å². The molecule has 3 aromatic rings. The minimum absolute atomic E-state index is 0.0141. The number of ether oxygens (including phenoxy) is 1. The van der Waals surface area contributed by atoms with Crippen LogP contribution in [-0.4, -0.2) is 30.6 Å². The van der Waals surface area contributed by atoms with Crippen LogP contribution in [-0.2, 0) is 4.79 Å². The van der Waals surface area contributed by atoms with Crippen LogP contribution in [0.2, 0.25) is 5.02 Å². The Morgan fingerprint density at radius 1 is 1.34 bits per heavy atom. The SMILES string of the molecule is CCOc1ccc2nc(N3CCC[C@@H](C(=O)Nc4ccc(C)cc4Cl)C3)sc2c1. The molecule has 1 fully saturated rings. The molecule has 5 nitrogen and oxygen atoms in total. The van der Waals surface area contributed by atoms with E-state index >= 15 is 0 Å². The molecule has 1 aliphatic rings. The number of fused-ring (bicyclic) bond motifs is 1. The predicted octanol–water partition coefficient (Wildman–Crippen LogP) is 5.51. The number of anilines is 2. The van der Waals surface area contributed by atoms with Crippen molar-refractivity contribution >= 4 is 49.9 Å².